The molecular weight excluding hydrogens is 192 g/mol. The van der Waals surface area contributed by atoms with Crippen molar-refractivity contribution in [3.05, 3.63) is 35.4 Å². The molecule has 0 saturated heterocycles. The molecule has 0 aliphatic carbocycles. The van der Waals surface area contributed by atoms with E-state index >= 15 is 0 Å². The lowest BCUT2D eigenvalue weighted by molar-refractivity contribution is 0.192. The van der Waals surface area contributed by atoms with Crippen molar-refractivity contribution in [3.8, 4) is 0 Å². The topological polar surface area (TPSA) is 61.4 Å². The first-order valence-electron chi connectivity index (χ1n) is 5.02. The molecule has 0 bridgehead atoms. The quantitative estimate of drug-likeness (QED) is 0.675. The van der Waals surface area contributed by atoms with Crippen LogP contribution in [0.15, 0.2) is 24.3 Å². The van der Waals surface area contributed by atoms with Gasteiger partial charge in [-0.25, -0.2) is 4.79 Å². The third-order valence-electron chi connectivity index (χ3n) is 2.67. The summed E-state index contributed by atoms with van der Waals surface area (Å²) in [4.78, 5) is 10.3. The maximum Gasteiger partial charge on any atom is 0.404 e. The third kappa shape index (κ3) is 2.47. The highest BCUT2D eigenvalue weighted by atomic mass is 16.4. The van der Waals surface area contributed by atoms with Gasteiger partial charge < -0.3 is 15.7 Å². The Labute approximate surface area is 88.3 Å². The molecule has 0 aromatic heterocycles. The van der Waals surface area contributed by atoms with Crippen LogP contribution in [0.1, 0.15) is 11.1 Å². The number of nitrogens with one attached hydrogen (secondary N) is 2. The van der Waals surface area contributed by atoms with Gasteiger partial charge in [0.05, 0.1) is 0 Å². The summed E-state index contributed by atoms with van der Waals surface area (Å²) in [6.45, 7) is 1.28. The van der Waals surface area contributed by atoms with Crippen LogP contribution in [0.3, 0.4) is 0 Å². The fourth-order valence-electron chi connectivity index (χ4n) is 1.88. The number of benzene rings is 1. The van der Waals surface area contributed by atoms with Gasteiger partial charge in [-0.3, -0.25) is 0 Å². The molecule has 2 rings (SSSR count). The molecule has 1 aliphatic heterocycles. The molecule has 3 N–H and O–H groups in total. The molecule has 4 heteroatoms. The van der Waals surface area contributed by atoms with Gasteiger partial charge in [-0.1, -0.05) is 24.3 Å². The standard InChI is InChI=1S/C11H14N2O2/c14-11(15)13-7-10-5-8-3-1-2-4-9(8)6-12-10/h1-4,10,12-13H,5-7H2,(H,14,15)/t10-/m0/s1. The average Bonchev–Trinajstić information content (AvgIpc) is 2.26. The van der Waals surface area contributed by atoms with Gasteiger partial charge >= 0.3 is 6.09 Å². The molecule has 1 aromatic rings. The number of rotatable bonds is 2. The van der Waals surface area contributed by atoms with E-state index in [0.29, 0.717) is 6.54 Å². The Morgan fingerprint density at radius 1 is 1.47 bits per heavy atom. The second-order valence-electron chi connectivity index (χ2n) is 3.74. The molecule has 0 saturated carbocycles. The van der Waals surface area contributed by atoms with Crippen LogP contribution in [0.2, 0.25) is 0 Å². The fraction of sp³-hybridized carbons (Fsp3) is 0.364. The maximum atomic E-state index is 10.3. The van der Waals surface area contributed by atoms with Gasteiger partial charge in [0.2, 0.25) is 0 Å². The summed E-state index contributed by atoms with van der Waals surface area (Å²) in [7, 11) is 0. The molecule has 1 aliphatic rings. The number of carboxylic acid groups (broad SMARTS) is 1. The summed E-state index contributed by atoms with van der Waals surface area (Å²) in [5.74, 6) is 0. The molecule has 0 fully saturated rings. The Morgan fingerprint density at radius 2 is 2.20 bits per heavy atom. The third-order valence-corrected chi connectivity index (χ3v) is 2.67. The molecular formula is C11H14N2O2. The molecule has 1 atom stereocenters. The fourth-order valence-corrected chi connectivity index (χ4v) is 1.88. The lowest BCUT2D eigenvalue weighted by Gasteiger charge is -2.25. The summed E-state index contributed by atoms with van der Waals surface area (Å²) in [5.41, 5.74) is 2.62. The number of hydrogen-bond donors (Lipinski definition) is 3. The summed E-state index contributed by atoms with van der Waals surface area (Å²) < 4.78 is 0. The molecule has 4 nitrogen and oxygen atoms in total. The van der Waals surface area contributed by atoms with Crippen LogP contribution in [0.25, 0.3) is 0 Å². The molecule has 0 radical (unpaired) electrons. The van der Waals surface area contributed by atoms with Gasteiger partial charge in [0, 0.05) is 19.1 Å². The van der Waals surface area contributed by atoms with Gasteiger partial charge in [-0.15, -0.1) is 0 Å². The van der Waals surface area contributed by atoms with E-state index in [4.69, 9.17) is 5.11 Å². The summed E-state index contributed by atoms with van der Waals surface area (Å²) in [6, 6.07) is 8.45. The van der Waals surface area contributed by atoms with Crippen molar-refractivity contribution < 1.29 is 9.90 Å². The molecule has 80 valence electrons. The number of fused-ring (bicyclic) bond motifs is 1. The van der Waals surface area contributed by atoms with E-state index in [1.54, 1.807) is 0 Å². The summed E-state index contributed by atoms with van der Waals surface area (Å²) in [5, 5.41) is 14.2. The zero-order chi connectivity index (χ0) is 10.7. The number of carbonyl (C=O) groups is 1. The van der Waals surface area contributed by atoms with Crippen LogP contribution < -0.4 is 10.6 Å². The van der Waals surface area contributed by atoms with Crippen LogP contribution in [0.5, 0.6) is 0 Å². The molecule has 1 amide bonds. The van der Waals surface area contributed by atoms with E-state index in [1.807, 2.05) is 12.1 Å². The smallest absolute Gasteiger partial charge is 0.404 e. The highest BCUT2D eigenvalue weighted by Crippen LogP contribution is 2.15. The summed E-state index contributed by atoms with van der Waals surface area (Å²) >= 11 is 0. The van der Waals surface area contributed by atoms with E-state index in [9.17, 15) is 4.79 Å². The summed E-state index contributed by atoms with van der Waals surface area (Å²) in [6.07, 6.45) is -0.0770. The van der Waals surface area contributed by atoms with Crippen molar-refractivity contribution in [2.75, 3.05) is 6.54 Å². The Balaban J connectivity index is 1.96. The molecule has 0 spiro atoms. The largest absolute Gasteiger partial charge is 0.465 e. The molecule has 1 aromatic carbocycles. The van der Waals surface area contributed by atoms with Crippen LogP contribution >= 0.6 is 0 Å². The first kappa shape index (κ1) is 9.98. The Kier molecular flexibility index (Phi) is 2.87. The monoisotopic (exact) mass is 206 g/mol. The highest BCUT2D eigenvalue weighted by Gasteiger charge is 2.17. The highest BCUT2D eigenvalue weighted by molar-refractivity contribution is 5.64. The van der Waals surface area contributed by atoms with Gasteiger partial charge in [0.1, 0.15) is 0 Å². The second-order valence-corrected chi connectivity index (χ2v) is 3.74. The van der Waals surface area contributed by atoms with Crippen molar-refractivity contribution >= 4 is 6.09 Å². The van der Waals surface area contributed by atoms with Crippen molar-refractivity contribution in [2.24, 2.45) is 0 Å². The predicted molar refractivity (Wildman–Crippen MR) is 56.8 cm³/mol. The Bertz CT molecular complexity index is 365. The average molecular weight is 206 g/mol. The van der Waals surface area contributed by atoms with E-state index in [1.165, 1.54) is 11.1 Å². The van der Waals surface area contributed by atoms with E-state index < -0.39 is 6.09 Å². The first-order valence-corrected chi connectivity index (χ1v) is 5.02. The second kappa shape index (κ2) is 4.31. The van der Waals surface area contributed by atoms with Crippen molar-refractivity contribution in [1.82, 2.24) is 10.6 Å². The van der Waals surface area contributed by atoms with Gasteiger partial charge in [-0.05, 0) is 17.5 Å². The van der Waals surface area contributed by atoms with Crippen molar-refractivity contribution in [3.63, 3.8) is 0 Å². The van der Waals surface area contributed by atoms with Crippen LogP contribution in [-0.4, -0.2) is 23.8 Å². The Hall–Kier alpha value is -1.55. The molecule has 0 unspecified atom stereocenters. The van der Waals surface area contributed by atoms with E-state index in [0.717, 1.165) is 13.0 Å². The van der Waals surface area contributed by atoms with Crippen LogP contribution in [0.4, 0.5) is 4.79 Å². The zero-order valence-electron chi connectivity index (χ0n) is 8.36. The number of hydrogen-bond acceptors (Lipinski definition) is 2. The predicted octanol–water partition coefficient (Wildman–Crippen LogP) is 0.968. The van der Waals surface area contributed by atoms with Gasteiger partial charge in [-0.2, -0.15) is 0 Å². The van der Waals surface area contributed by atoms with Gasteiger partial charge in [0.15, 0.2) is 0 Å². The SMILES string of the molecule is O=C(O)NC[C@@H]1Cc2ccccc2CN1. The minimum atomic E-state index is -0.962. The van der Waals surface area contributed by atoms with Crippen molar-refractivity contribution in [2.45, 2.75) is 19.0 Å². The minimum Gasteiger partial charge on any atom is -0.465 e. The first-order chi connectivity index (χ1) is 7.25. The van der Waals surface area contributed by atoms with Crippen molar-refractivity contribution in [1.29, 1.82) is 0 Å². The normalized spacial score (nSPS) is 19.3. The van der Waals surface area contributed by atoms with Gasteiger partial charge in [0.25, 0.3) is 0 Å². The number of amides is 1. The lowest BCUT2D eigenvalue weighted by atomic mass is 9.96. The maximum absolute atomic E-state index is 10.3. The minimum absolute atomic E-state index is 0.205. The van der Waals surface area contributed by atoms with E-state index in [2.05, 4.69) is 22.8 Å². The Morgan fingerprint density at radius 3 is 2.93 bits per heavy atom. The van der Waals surface area contributed by atoms with E-state index in [-0.39, 0.29) is 6.04 Å². The van der Waals surface area contributed by atoms with Crippen LogP contribution in [-0.2, 0) is 13.0 Å². The van der Waals surface area contributed by atoms with Crippen LogP contribution in [0, 0.1) is 0 Å². The molecule has 1 heterocycles. The molecule has 15 heavy (non-hydrogen) atoms. The lowest BCUT2D eigenvalue weighted by Crippen LogP contribution is -2.44. The zero-order valence-corrected chi connectivity index (χ0v) is 8.36.